The number of anilines is 1. The Bertz CT molecular complexity index is 677. The standard InChI is InChI=1S/C16H16N4O.HI/c1-21-15-7-5-14(6-8-15)20-16(18)19-11-13-4-2-3-12(9-13)10-17;/h2-9H,11H2,1H3,(H3,18,19,20);1H. The van der Waals surface area contributed by atoms with Gasteiger partial charge in [-0.3, -0.25) is 0 Å². The van der Waals surface area contributed by atoms with Crippen molar-refractivity contribution in [3.05, 3.63) is 59.7 Å². The second-order valence-electron chi connectivity index (χ2n) is 4.37. The fraction of sp³-hybridized carbons (Fsp3) is 0.125. The topological polar surface area (TPSA) is 83.4 Å². The summed E-state index contributed by atoms with van der Waals surface area (Å²) >= 11 is 0. The van der Waals surface area contributed by atoms with Gasteiger partial charge in [-0.05, 0) is 42.0 Å². The normalized spacial score (nSPS) is 10.3. The van der Waals surface area contributed by atoms with E-state index >= 15 is 0 Å². The molecule has 0 heterocycles. The van der Waals surface area contributed by atoms with Crippen molar-refractivity contribution in [2.24, 2.45) is 10.7 Å². The molecule has 5 nitrogen and oxygen atoms in total. The van der Waals surface area contributed by atoms with Crippen molar-refractivity contribution in [1.82, 2.24) is 0 Å². The minimum Gasteiger partial charge on any atom is -0.497 e. The lowest BCUT2D eigenvalue weighted by Crippen LogP contribution is -2.22. The predicted molar refractivity (Wildman–Crippen MR) is 98.5 cm³/mol. The number of benzene rings is 2. The molecule has 0 radical (unpaired) electrons. The summed E-state index contributed by atoms with van der Waals surface area (Å²) in [6.45, 7) is 0.421. The van der Waals surface area contributed by atoms with Crippen molar-refractivity contribution >= 4 is 35.6 Å². The molecule has 0 spiro atoms. The van der Waals surface area contributed by atoms with Crippen molar-refractivity contribution in [3.8, 4) is 11.8 Å². The number of hydrogen-bond donors (Lipinski definition) is 2. The summed E-state index contributed by atoms with van der Waals surface area (Å²) in [5.41, 5.74) is 8.23. The fourth-order valence-corrected chi connectivity index (χ4v) is 1.78. The highest BCUT2D eigenvalue weighted by Gasteiger charge is 1.98. The van der Waals surface area contributed by atoms with Gasteiger partial charge in [0, 0.05) is 5.69 Å². The zero-order valence-corrected chi connectivity index (χ0v) is 14.4. The van der Waals surface area contributed by atoms with E-state index in [1.165, 1.54) is 0 Å². The molecule has 114 valence electrons. The van der Waals surface area contributed by atoms with Crippen molar-refractivity contribution in [2.75, 3.05) is 12.4 Å². The number of ether oxygens (including phenoxy) is 1. The van der Waals surface area contributed by atoms with Gasteiger partial charge in [0.2, 0.25) is 0 Å². The average molecular weight is 408 g/mol. The smallest absolute Gasteiger partial charge is 0.193 e. The van der Waals surface area contributed by atoms with Crippen LogP contribution in [0.5, 0.6) is 5.75 Å². The molecule has 0 aliphatic rings. The lowest BCUT2D eigenvalue weighted by molar-refractivity contribution is 0.415. The zero-order valence-electron chi connectivity index (χ0n) is 12.1. The van der Waals surface area contributed by atoms with Gasteiger partial charge >= 0.3 is 0 Å². The van der Waals surface area contributed by atoms with Gasteiger partial charge in [0.15, 0.2) is 5.96 Å². The maximum Gasteiger partial charge on any atom is 0.193 e. The molecule has 0 unspecified atom stereocenters. The Kier molecular flexibility index (Phi) is 7.19. The molecule has 6 heteroatoms. The molecule has 2 rings (SSSR count). The molecule has 3 N–H and O–H groups in total. The molecule has 0 fully saturated rings. The monoisotopic (exact) mass is 408 g/mol. The number of nitrogens with zero attached hydrogens (tertiary/aromatic N) is 2. The Morgan fingerprint density at radius 1 is 1.27 bits per heavy atom. The second kappa shape index (κ2) is 8.89. The molecule has 0 saturated heterocycles. The molecule has 0 aromatic heterocycles. The van der Waals surface area contributed by atoms with E-state index in [4.69, 9.17) is 15.7 Å². The number of nitrogens with one attached hydrogen (secondary N) is 1. The Hall–Kier alpha value is -2.27. The number of guanidine groups is 1. The van der Waals surface area contributed by atoms with Crippen LogP contribution < -0.4 is 15.8 Å². The number of aliphatic imine (C=N–C) groups is 1. The van der Waals surface area contributed by atoms with E-state index in [2.05, 4.69) is 16.4 Å². The van der Waals surface area contributed by atoms with Crippen LogP contribution in [-0.4, -0.2) is 13.1 Å². The van der Waals surface area contributed by atoms with E-state index < -0.39 is 0 Å². The minimum absolute atomic E-state index is 0. The molecular formula is C16H17IN4O. The van der Waals surface area contributed by atoms with Crippen LogP contribution in [0.3, 0.4) is 0 Å². The second-order valence-corrected chi connectivity index (χ2v) is 4.37. The Morgan fingerprint density at radius 3 is 2.64 bits per heavy atom. The summed E-state index contributed by atoms with van der Waals surface area (Å²) in [7, 11) is 1.62. The summed E-state index contributed by atoms with van der Waals surface area (Å²) in [5.74, 6) is 1.10. The lowest BCUT2D eigenvalue weighted by Gasteiger charge is -2.06. The molecule has 0 amide bonds. The molecule has 2 aromatic rings. The van der Waals surface area contributed by atoms with Gasteiger partial charge in [-0.15, -0.1) is 24.0 Å². The number of nitriles is 1. The first-order chi connectivity index (χ1) is 10.2. The number of hydrogen-bond acceptors (Lipinski definition) is 3. The lowest BCUT2D eigenvalue weighted by atomic mass is 10.1. The van der Waals surface area contributed by atoms with Crippen LogP contribution in [0, 0.1) is 11.3 Å². The minimum atomic E-state index is 0. The van der Waals surface area contributed by atoms with E-state index in [1.54, 1.807) is 19.2 Å². The van der Waals surface area contributed by atoms with Crippen molar-refractivity contribution < 1.29 is 4.74 Å². The first-order valence-electron chi connectivity index (χ1n) is 6.41. The van der Waals surface area contributed by atoms with Crippen LogP contribution in [0.25, 0.3) is 0 Å². The Morgan fingerprint density at radius 2 is 2.00 bits per heavy atom. The summed E-state index contributed by atoms with van der Waals surface area (Å²) in [6.07, 6.45) is 0. The molecule has 0 saturated carbocycles. The van der Waals surface area contributed by atoms with E-state index in [0.29, 0.717) is 18.1 Å². The van der Waals surface area contributed by atoms with Crippen LogP contribution in [0.4, 0.5) is 5.69 Å². The van der Waals surface area contributed by atoms with Crippen LogP contribution >= 0.6 is 24.0 Å². The van der Waals surface area contributed by atoms with Gasteiger partial charge < -0.3 is 15.8 Å². The summed E-state index contributed by atoms with van der Waals surface area (Å²) < 4.78 is 5.09. The van der Waals surface area contributed by atoms with Crippen LogP contribution in [-0.2, 0) is 6.54 Å². The van der Waals surface area contributed by atoms with E-state index in [0.717, 1.165) is 17.0 Å². The molecule has 2 aromatic carbocycles. The van der Waals surface area contributed by atoms with Crippen molar-refractivity contribution in [3.63, 3.8) is 0 Å². The highest BCUT2D eigenvalue weighted by molar-refractivity contribution is 14.0. The van der Waals surface area contributed by atoms with Gasteiger partial charge in [0.25, 0.3) is 0 Å². The summed E-state index contributed by atoms with van der Waals surface area (Å²) in [4.78, 5) is 4.25. The van der Waals surface area contributed by atoms with Gasteiger partial charge in [-0.1, -0.05) is 12.1 Å². The highest BCUT2D eigenvalue weighted by atomic mass is 127. The number of methoxy groups -OCH3 is 1. The molecular weight excluding hydrogens is 391 g/mol. The maximum atomic E-state index is 8.84. The summed E-state index contributed by atoms with van der Waals surface area (Å²) in [6, 6.07) is 16.8. The zero-order chi connectivity index (χ0) is 15.1. The van der Waals surface area contributed by atoms with Crippen molar-refractivity contribution in [1.29, 1.82) is 5.26 Å². The maximum absolute atomic E-state index is 8.84. The van der Waals surface area contributed by atoms with Gasteiger partial charge in [0.05, 0.1) is 25.3 Å². The number of rotatable bonds is 4. The molecule has 0 bridgehead atoms. The Balaban J connectivity index is 0.00000242. The fourth-order valence-electron chi connectivity index (χ4n) is 1.78. The SMILES string of the molecule is COc1ccc(NC(N)=NCc2cccc(C#N)c2)cc1.I. The van der Waals surface area contributed by atoms with Gasteiger partial charge in [0.1, 0.15) is 5.75 Å². The van der Waals surface area contributed by atoms with Crippen LogP contribution in [0.15, 0.2) is 53.5 Å². The third kappa shape index (κ3) is 5.26. The number of nitrogens with two attached hydrogens (primary N) is 1. The van der Waals surface area contributed by atoms with Crippen LogP contribution in [0.1, 0.15) is 11.1 Å². The third-order valence-electron chi connectivity index (χ3n) is 2.85. The first-order valence-corrected chi connectivity index (χ1v) is 6.41. The van der Waals surface area contributed by atoms with E-state index in [9.17, 15) is 0 Å². The Labute approximate surface area is 146 Å². The predicted octanol–water partition coefficient (Wildman–Crippen LogP) is 3.11. The molecule has 0 aliphatic carbocycles. The molecule has 0 aliphatic heterocycles. The van der Waals surface area contributed by atoms with E-state index in [1.807, 2.05) is 36.4 Å². The largest absolute Gasteiger partial charge is 0.497 e. The van der Waals surface area contributed by atoms with Crippen LogP contribution in [0.2, 0.25) is 0 Å². The third-order valence-corrected chi connectivity index (χ3v) is 2.85. The van der Waals surface area contributed by atoms with Gasteiger partial charge in [-0.2, -0.15) is 5.26 Å². The van der Waals surface area contributed by atoms with E-state index in [-0.39, 0.29) is 24.0 Å². The average Bonchev–Trinajstić information content (AvgIpc) is 2.54. The molecule has 22 heavy (non-hydrogen) atoms. The number of halogens is 1. The van der Waals surface area contributed by atoms with Gasteiger partial charge in [-0.25, -0.2) is 4.99 Å². The molecule has 0 atom stereocenters. The van der Waals surface area contributed by atoms with Crippen molar-refractivity contribution in [2.45, 2.75) is 6.54 Å². The summed E-state index contributed by atoms with van der Waals surface area (Å²) in [5, 5.41) is 11.8. The highest BCUT2D eigenvalue weighted by Crippen LogP contribution is 2.14. The quantitative estimate of drug-likeness (QED) is 0.463. The first kappa shape index (κ1) is 17.8.